The summed E-state index contributed by atoms with van der Waals surface area (Å²) in [6.07, 6.45) is 2.04. The average Bonchev–Trinajstić information content (AvgIpc) is 2.32. The quantitative estimate of drug-likeness (QED) is 0.821. The van der Waals surface area contributed by atoms with Crippen LogP contribution in [0.1, 0.15) is 17.3 Å². The SMILES string of the molecule is CSCC(C)CNC(=O)c1cc(N)c(Cl)c(Cl)c1. The summed E-state index contributed by atoms with van der Waals surface area (Å²) in [4.78, 5) is 11.9. The topological polar surface area (TPSA) is 55.1 Å². The first-order chi connectivity index (χ1) is 8.45. The third-order valence-electron chi connectivity index (χ3n) is 2.38. The number of anilines is 1. The van der Waals surface area contributed by atoms with Gasteiger partial charge in [0.05, 0.1) is 15.7 Å². The monoisotopic (exact) mass is 306 g/mol. The van der Waals surface area contributed by atoms with Gasteiger partial charge in [0.25, 0.3) is 5.91 Å². The molecule has 1 rings (SSSR count). The van der Waals surface area contributed by atoms with Crippen LogP contribution < -0.4 is 11.1 Å². The van der Waals surface area contributed by atoms with Crippen LogP contribution in [0, 0.1) is 5.92 Å². The van der Waals surface area contributed by atoms with Gasteiger partial charge in [-0.2, -0.15) is 11.8 Å². The molecule has 0 saturated heterocycles. The number of nitrogen functional groups attached to an aromatic ring is 1. The Hall–Kier alpha value is -0.580. The van der Waals surface area contributed by atoms with Gasteiger partial charge in [0, 0.05) is 12.1 Å². The fourth-order valence-electron chi connectivity index (χ4n) is 1.45. The van der Waals surface area contributed by atoms with E-state index in [1.807, 2.05) is 6.26 Å². The number of carbonyl (C=O) groups is 1. The predicted molar refractivity (Wildman–Crippen MR) is 80.8 cm³/mol. The second-order valence-corrected chi connectivity index (χ2v) is 5.83. The Morgan fingerprint density at radius 2 is 2.17 bits per heavy atom. The summed E-state index contributed by atoms with van der Waals surface area (Å²) in [6, 6.07) is 3.05. The largest absolute Gasteiger partial charge is 0.397 e. The molecule has 1 aromatic carbocycles. The van der Waals surface area contributed by atoms with Gasteiger partial charge in [0.2, 0.25) is 0 Å². The number of hydrogen-bond acceptors (Lipinski definition) is 3. The van der Waals surface area contributed by atoms with Crippen molar-refractivity contribution < 1.29 is 4.79 Å². The lowest BCUT2D eigenvalue weighted by molar-refractivity contribution is 0.0949. The number of nitrogens with two attached hydrogens (primary N) is 1. The van der Waals surface area contributed by atoms with Crippen LogP contribution in [-0.2, 0) is 0 Å². The lowest BCUT2D eigenvalue weighted by Gasteiger charge is -2.12. The van der Waals surface area contributed by atoms with Crippen molar-refractivity contribution >= 4 is 46.6 Å². The zero-order valence-electron chi connectivity index (χ0n) is 10.3. The minimum absolute atomic E-state index is 0.187. The zero-order valence-corrected chi connectivity index (χ0v) is 12.6. The first-order valence-electron chi connectivity index (χ1n) is 5.47. The second kappa shape index (κ2) is 7.12. The Labute approximate surface area is 121 Å². The number of carbonyl (C=O) groups excluding carboxylic acids is 1. The molecule has 1 unspecified atom stereocenters. The van der Waals surface area contributed by atoms with Crippen LogP contribution in [0.4, 0.5) is 5.69 Å². The molecule has 0 bridgehead atoms. The van der Waals surface area contributed by atoms with Gasteiger partial charge in [-0.1, -0.05) is 30.1 Å². The van der Waals surface area contributed by atoms with Crippen molar-refractivity contribution in [3.05, 3.63) is 27.7 Å². The van der Waals surface area contributed by atoms with Gasteiger partial charge < -0.3 is 11.1 Å². The van der Waals surface area contributed by atoms with Gasteiger partial charge in [0.1, 0.15) is 0 Å². The van der Waals surface area contributed by atoms with E-state index >= 15 is 0 Å². The van der Waals surface area contributed by atoms with Crippen molar-refractivity contribution in [2.24, 2.45) is 5.92 Å². The number of amides is 1. The number of thioether (sulfide) groups is 1. The van der Waals surface area contributed by atoms with Crippen LogP contribution in [-0.4, -0.2) is 24.5 Å². The first kappa shape index (κ1) is 15.5. The molecule has 0 heterocycles. The molecule has 3 N–H and O–H groups in total. The highest BCUT2D eigenvalue weighted by Gasteiger charge is 2.12. The molecule has 0 fully saturated rings. The fourth-order valence-corrected chi connectivity index (χ4v) is 2.48. The molecule has 0 aliphatic rings. The molecule has 18 heavy (non-hydrogen) atoms. The maximum atomic E-state index is 11.9. The van der Waals surface area contributed by atoms with Crippen molar-refractivity contribution in [1.82, 2.24) is 5.32 Å². The van der Waals surface area contributed by atoms with Crippen LogP contribution in [0.25, 0.3) is 0 Å². The minimum atomic E-state index is -0.187. The van der Waals surface area contributed by atoms with E-state index in [0.29, 0.717) is 28.7 Å². The van der Waals surface area contributed by atoms with Crippen LogP contribution in [0.3, 0.4) is 0 Å². The Bertz CT molecular complexity index is 417. The highest BCUT2D eigenvalue weighted by atomic mass is 35.5. The summed E-state index contributed by atoms with van der Waals surface area (Å²) in [6.45, 7) is 2.71. The van der Waals surface area contributed by atoms with Gasteiger partial charge in [-0.25, -0.2) is 0 Å². The molecule has 3 nitrogen and oxygen atoms in total. The second-order valence-electron chi connectivity index (χ2n) is 4.13. The maximum absolute atomic E-state index is 11.9. The third-order valence-corrected chi connectivity index (χ3v) is 4.10. The smallest absolute Gasteiger partial charge is 0.251 e. The molecule has 100 valence electrons. The first-order valence-corrected chi connectivity index (χ1v) is 7.62. The standard InChI is InChI=1S/C12H16Cl2N2OS/c1-7(6-18-2)5-16-12(17)8-3-9(13)11(14)10(15)4-8/h3-4,7H,5-6,15H2,1-2H3,(H,16,17). The number of halogens is 2. The molecule has 0 saturated carbocycles. The van der Waals surface area contributed by atoms with E-state index in [2.05, 4.69) is 12.2 Å². The Morgan fingerprint density at radius 1 is 1.50 bits per heavy atom. The summed E-state index contributed by atoms with van der Waals surface area (Å²) in [7, 11) is 0. The van der Waals surface area contributed by atoms with Gasteiger partial charge in [0.15, 0.2) is 0 Å². The molecule has 1 amide bonds. The van der Waals surface area contributed by atoms with Crippen molar-refractivity contribution in [3.8, 4) is 0 Å². The van der Waals surface area contributed by atoms with Gasteiger partial charge in [-0.3, -0.25) is 4.79 Å². The van der Waals surface area contributed by atoms with Gasteiger partial charge in [-0.05, 0) is 30.1 Å². The number of benzene rings is 1. The normalized spacial score (nSPS) is 12.2. The van der Waals surface area contributed by atoms with E-state index in [1.165, 1.54) is 12.1 Å². The van der Waals surface area contributed by atoms with Crippen molar-refractivity contribution in [2.45, 2.75) is 6.92 Å². The summed E-state index contributed by atoms with van der Waals surface area (Å²) in [5.74, 6) is 1.24. The van der Waals surface area contributed by atoms with Crippen molar-refractivity contribution in [1.29, 1.82) is 0 Å². The van der Waals surface area contributed by atoms with E-state index < -0.39 is 0 Å². The number of rotatable bonds is 5. The summed E-state index contributed by atoms with van der Waals surface area (Å²) < 4.78 is 0. The van der Waals surface area contributed by atoms with E-state index in [4.69, 9.17) is 28.9 Å². The maximum Gasteiger partial charge on any atom is 0.251 e. The van der Waals surface area contributed by atoms with E-state index in [9.17, 15) is 4.79 Å². The van der Waals surface area contributed by atoms with Crippen molar-refractivity contribution in [2.75, 3.05) is 24.3 Å². The molecule has 1 atom stereocenters. The van der Waals surface area contributed by atoms with Crippen LogP contribution in [0.2, 0.25) is 10.0 Å². The lowest BCUT2D eigenvalue weighted by atomic mass is 10.1. The molecule has 0 radical (unpaired) electrons. The molecule has 0 aromatic heterocycles. The molecule has 0 aliphatic carbocycles. The number of nitrogens with one attached hydrogen (secondary N) is 1. The van der Waals surface area contributed by atoms with Gasteiger partial charge >= 0.3 is 0 Å². The third kappa shape index (κ3) is 4.26. The fraction of sp³-hybridized carbons (Fsp3) is 0.417. The van der Waals surface area contributed by atoms with E-state index in [0.717, 1.165) is 5.75 Å². The van der Waals surface area contributed by atoms with Gasteiger partial charge in [-0.15, -0.1) is 0 Å². The van der Waals surface area contributed by atoms with E-state index in [-0.39, 0.29) is 10.9 Å². The summed E-state index contributed by atoms with van der Waals surface area (Å²) >= 11 is 13.5. The van der Waals surface area contributed by atoms with Crippen LogP contribution >= 0.6 is 35.0 Å². The minimum Gasteiger partial charge on any atom is -0.397 e. The highest BCUT2D eigenvalue weighted by Crippen LogP contribution is 2.29. The van der Waals surface area contributed by atoms with Crippen LogP contribution in [0.15, 0.2) is 12.1 Å². The molecular formula is C12H16Cl2N2OS. The highest BCUT2D eigenvalue weighted by molar-refractivity contribution is 7.98. The Morgan fingerprint density at radius 3 is 2.72 bits per heavy atom. The molecule has 1 aromatic rings. The average molecular weight is 307 g/mol. The zero-order chi connectivity index (χ0) is 13.7. The van der Waals surface area contributed by atoms with Crippen molar-refractivity contribution in [3.63, 3.8) is 0 Å². The van der Waals surface area contributed by atoms with E-state index in [1.54, 1.807) is 11.8 Å². The lowest BCUT2D eigenvalue weighted by Crippen LogP contribution is -2.29. The predicted octanol–water partition coefficient (Wildman–Crippen LogP) is 3.30. The Kier molecular flexibility index (Phi) is 6.12. The van der Waals surface area contributed by atoms with Crippen LogP contribution in [0.5, 0.6) is 0 Å². The number of hydrogen-bond donors (Lipinski definition) is 2. The summed E-state index contributed by atoms with van der Waals surface area (Å²) in [5, 5.41) is 3.42. The molecule has 0 spiro atoms. The Balaban J connectivity index is 2.67. The molecular weight excluding hydrogens is 291 g/mol. The molecule has 0 aliphatic heterocycles. The molecule has 6 heteroatoms. The summed E-state index contributed by atoms with van der Waals surface area (Å²) in [5.41, 5.74) is 6.40.